The third kappa shape index (κ3) is 9.96. The van der Waals surface area contributed by atoms with Crippen LogP contribution < -0.4 is 10.6 Å². The molecular weight excluding hydrogens is 360 g/mol. The number of aliphatic imine (C=N–C) groups is 1. The van der Waals surface area contributed by atoms with Gasteiger partial charge in [-0.3, -0.25) is 4.99 Å². The maximum Gasteiger partial charge on any atom is 0.191 e. The number of nitrogens with one attached hydrogen (secondary N) is 2. The molecule has 1 aliphatic carbocycles. The molecule has 0 saturated heterocycles. The Bertz CT molecular complexity index is 529. The molecule has 0 bridgehead atoms. The lowest BCUT2D eigenvalue weighted by molar-refractivity contribution is 0.0264. The monoisotopic (exact) mass is 394 g/mol. The zero-order valence-corrected chi connectivity index (χ0v) is 17.4. The predicted octanol–water partition coefficient (Wildman–Crippen LogP) is 4.35. The fourth-order valence-corrected chi connectivity index (χ4v) is 3.40. The number of guanidine groups is 1. The molecule has 2 rings (SSSR count). The highest BCUT2D eigenvalue weighted by atomic mass is 35.5. The molecule has 0 atom stereocenters. The molecule has 1 aromatic heterocycles. The van der Waals surface area contributed by atoms with Gasteiger partial charge in [-0.05, 0) is 57.1 Å². The molecule has 2 N–H and O–H groups in total. The second-order valence-electron chi connectivity index (χ2n) is 7.12. The molecule has 1 heterocycles. The Kier molecular flexibility index (Phi) is 11.2. The van der Waals surface area contributed by atoms with E-state index in [1.54, 1.807) is 0 Å². The molecule has 6 heteroatoms. The van der Waals surface area contributed by atoms with Crippen LogP contribution in [-0.2, 0) is 11.2 Å². The van der Waals surface area contributed by atoms with Crippen LogP contribution in [0.2, 0.25) is 5.15 Å². The summed E-state index contributed by atoms with van der Waals surface area (Å²) in [6, 6.07) is 3.84. The van der Waals surface area contributed by atoms with Crippen molar-refractivity contribution in [2.24, 2.45) is 4.99 Å². The highest BCUT2D eigenvalue weighted by molar-refractivity contribution is 6.29. The molecule has 0 aromatic carbocycles. The van der Waals surface area contributed by atoms with Gasteiger partial charge in [0.1, 0.15) is 5.15 Å². The van der Waals surface area contributed by atoms with Crippen molar-refractivity contribution in [2.45, 2.75) is 70.8 Å². The fourth-order valence-electron chi connectivity index (χ4n) is 3.28. The number of rotatable bonds is 11. The summed E-state index contributed by atoms with van der Waals surface area (Å²) >= 11 is 5.82. The van der Waals surface area contributed by atoms with E-state index in [0.717, 1.165) is 51.5 Å². The lowest BCUT2D eigenvalue weighted by Gasteiger charge is -2.21. The smallest absolute Gasteiger partial charge is 0.191 e. The maximum absolute atomic E-state index is 5.98. The van der Waals surface area contributed by atoms with Crippen molar-refractivity contribution in [3.05, 3.63) is 29.0 Å². The van der Waals surface area contributed by atoms with Gasteiger partial charge in [-0.1, -0.05) is 36.9 Å². The van der Waals surface area contributed by atoms with Crippen molar-refractivity contribution >= 4 is 17.6 Å². The minimum Gasteiger partial charge on any atom is -0.378 e. The average molecular weight is 395 g/mol. The van der Waals surface area contributed by atoms with E-state index in [1.807, 2.05) is 18.3 Å². The van der Waals surface area contributed by atoms with Gasteiger partial charge in [0.2, 0.25) is 0 Å². The van der Waals surface area contributed by atoms with Gasteiger partial charge in [-0.15, -0.1) is 0 Å². The van der Waals surface area contributed by atoms with Gasteiger partial charge < -0.3 is 15.4 Å². The molecular formula is C21H35ClN4O. The van der Waals surface area contributed by atoms with E-state index in [4.69, 9.17) is 16.3 Å². The van der Waals surface area contributed by atoms with Crippen LogP contribution in [-0.4, -0.2) is 43.3 Å². The van der Waals surface area contributed by atoms with Crippen LogP contribution in [0.15, 0.2) is 23.3 Å². The van der Waals surface area contributed by atoms with Gasteiger partial charge in [0, 0.05) is 32.4 Å². The average Bonchev–Trinajstić information content (AvgIpc) is 2.69. The minimum atomic E-state index is 0.525. The fraction of sp³-hybridized carbons (Fsp3) is 0.714. The van der Waals surface area contributed by atoms with E-state index in [9.17, 15) is 0 Å². The van der Waals surface area contributed by atoms with Crippen LogP contribution in [0, 0.1) is 0 Å². The number of pyridine rings is 1. The zero-order chi connectivity index (χ0) is 19.2. The van der Waals surface area contributed by atoms with Gasteiger partial charge >= 0.3 is 0 Å². The van der Waals surface area contributed by atoms with Crippen molar-refractivity contribution in [3.63, 3.8) is 0 Å². The summed E-state index contributed by atoms with van der Waals surface area (Å²) in [4.78, 5) is 8.77. The van der Waals surface area contributed by atoms with Gasteiger partial charge in [0.25, 0.3) is 0 Å². The molecule has 0 spiro atoms. The number of nitrogens with zero attached hydrogens (tertiary/aromatic N) is 2. The van der Waals surface area contributed by atoms with Crippen LogP contribution in [0.1, 0.15) is 63.9 Å². The summed E-state index contributed by atoms with van der Waals surface area (Å²) in [6.45, 7) is 5.53. The summed E-state index contributed by atoms with van der Waals surface area (Å²) < 4.78 is 5.98. The van der Waals surface area contributed by atoms with E-state index in [2.05, 4.69) is 27.5 Å². The summed E-state index contributed by atoms with van der Waals surface area (Å²) in [5.41, 5.74) is 1.17. The maximum atomic E-state index is 5.98. The quantitative estimate of drug-likeness (QED) is 0.253. The van der Waals surface area contributed by atoms with Crippen LogP contribution in [0.3, 0.4) is 0 Å². The Balaban J connectivity index is 1.54. The SMILES string of the molecule is CCNC(=NCCCCCOC1CCCCC1)NCCc1ccc(Cl)nc1. The molecule has 1 saturated carbocycles. The standard InChI is InChI=1S/C21H35ClN4O/c1-2-23-21(25-15-13-18-11-12-20(22)26-17-18)24-14-7-4-8-16-27-19-9-5-3-6-10-19/h11-12,17,19H,2-10,13-16H2,1H3,(H2,23,24,25). The summed E-state index contributed by atoms with van der Waals surface area (Å²) in [5.74, 6) is 0.887. The Morgan fingerprint density at radius 1 is 1.19 bits per heavy atom. The molecule has 152 valence electrons. The van der Waals surface area contributed by atoms with Gasteiger partial charge in [0.15, 0.2) is 5.96 Å². The predicted molar refractivity (Wildman–Crippen MR) is 114 cm³/mol. The number of halogens is 1. The second kappa shape index (κ2) is 13.8. The Labute approximate surface area is 169 Å². The molecule has 0 aliphatic heterocycles. The lowest BCUT2D eigenvalue weighted by Crippen LogP contribution is -2.38. The topological polar surface area (TPSA) is 58.5 Å². The summed E-state index contributed by atoms with van der Waals surface area (Å²) in [7, 11) is 0. The molecule has 5 nitrogen and oxygen atoms in total. The van der Waals surface area contributed by atoms with E-state index in [0.29, 0.717) is 11.3 Å². The Hall–Kier alpha value is -1.33. The molecule has 0 unspecified atom stereocenters. The number of unbranched alkanes of at least 4 members (excludes halogenated alkanes) is 2. The summed E-state index contributed by atoms with van der Waals surface area (Å²) in [6.07, 6.45) is 13.2. The lowest BCUT2D eigenvalue weighted by atomic mass is 9.98. The van der Waals surface area contributed by atoms with Gasteiger partial charge in [-0.2, -0.15) is 0 Å². The molecule has 1 aliphatic rings. The molecule has 0 radical (unpaired) electrons. The van der Waals surface area contributed by atoms with Gasteiger partial charge in [0.05, 0.1) is 6.10 Å². The second-order valence-corrected chi connectivity index (χ2v) is 7.51. The first kappa shape index (κ1) is 22.0. The summed E-state index contributed by atoms with van der Waals surface area (Å²) in [5, 5.41) is 7.22. The number of hydrogen-bond donors (Lipinski definition) is 2. The third-order valence-electron chi connectivity index (χ3n) is 4.82. The highest BCUT2D eigenvalue weighted by Crippen LogP contribution is 2.20. The molecule has 1 fully saturated rings. The van der Waals surface area contributed by atoms with E-state index < -0.39 is 0 Å². The van der Waals surface area contributed by atoms with E-state index in [-0.39, 0.29) is 0 Å². The largest absolute Gasteiger partial charge is 0.378 e. The Morgan fingerprint density at radius 3 is 2.78 bits per heavy atom. The third-order valence-corrected chi connectivity index (χ3v) is 5.04. The molecule has 0 amide bonds. The molecule has 27 heavy (non-hydrogen) atoms. The van der Waals surface area contributed by atoms with Crippen molar-refractivity contribution in [1.29, 1.82) is 0 Å². The Morgan fingerprint density at radius 2 is 2.04 bits per heavy atom. The van der Waals surface area contributed by atoms with Gasteiger partial charge in [-0.25, -0.2) is 4.98 Å². The normalized spacial score (nSPS) is 15.7. The first-order valence-electron chi connectivity index (χ1n) is 10.5. The van der Waals surface area contributed by atoms with Crippen molar-refractivity contribution in [3.8, 4) is 0 Å². The highest BCUT2D eigenvalue weighted by Gasteiger charge is 2.12. The zero-order valence-electron chi connectivity index (χ0n) is 16.7. The van der Waals surface area contributed by atoms with E-state index >= 15 is 0 Å². The van der Waals surface area contributed by atoms with E-state index in [1.165, 1.54) is 44.1 Å². The van der Waals surface area contributed by atoms with Crippen LogP contribution in [0.25, 0.3) is 0 Å². The van der Waals surface area contributed by atoms with Crippen molar-refractivity contribution in [2.75, 3.05) is 26.2 Å². The number of aromatic nitrogens is 1. The minimum absolute atomic E-state index is 0.525. The first-order valence-corrected chi connectivity index (χ1v) is 10.9. The van der Waals surface area contributed by atoms with Crippen molar-refractivity contribution < 1.29 is 4.74 Å². The number of ether oxygens (including phenoxy) is 1. The van der Waals surface area contributed by atoms with Crippen LogP contribution in [0.5, 0.6) is 0 Å². The van der Waals surface area contributed by atoms with Crippen LogP contribution >= 0.6 is 11.6 Å². The molecule has 1 aromatic rings. The first-order chi connectivity index (χ1) is 13.3. The van der Waals surface area contributed by atoms with Crippen molar-refractivity contribution in [1.82, 2.24) is 15.6 Å². The number of hydrogen-bond acceptors (Lipinski definition) is 3. The van der Waals surface area contributed by atoms with Crippen LogP contribution in [0.4, 0.5) is 0 Å².